The summed E-state index contributed by atoms with van der Waals surface area (Å²) in [5.41, 5.74) is 3.98. The number of fused-ring (bicyclic) bond motifs is 1. The van der Waals surface area contributed by atoms with E-state index in [0.29, 0.717) is 24.4 Å². The van der Waals surface area contributed by atoms with Crippen molar-refractivity contribution in [3.05, 3.63) is 71.8 Å². The molecular weight excluding hydrogens is 352 g/mol. The van der Waals surface area contributed by atoms with E-state index in [1.165, 1.54) is 0 Å². The number of amides is 1. The van der Waals surface area contributed by atoms with E-state index >= 15 is 0 Å². The number of benzene rings is 2. The minimum Gasteiger partial charge on any atom is -0.352 e. The van der Waals surface area contributed by atoms with E-state index in [1.54, 1.807) is 0 Å². The number of rotatable bonds is 6. The lowest BCUT2D eigenvalue weighted by molar-refractivity contribution is 0.0953. The van der Waals surface area contributed by atoms with Gasteiger partial charge in [0.1, 0.15) is 0 Å². The molecule has 0 fully saturated rings. The van der Waals surface area contributed by atoms with E-state index in [0.717, 1.165) is 33.9 Å². The maximum Gasteiger partial charge on any atom is 0.251 e. The van der Waals surface area contributed by atoms with E-state index < -0.39 is 0 Å². The fourth-order valence-electron chi connectivity index (χ4n) is 3.12. The Labute approximate surface area is 162 Å². The topological polar surface area (TPSA) is 96.5 Å². The lowest BCUT2D eigenvalue weighted by Gasteiger charge is -2.08. The van der Waals surface area contributed by atoms with Crippen LogP contribution >= 0.6 is 0 Å². The second-order valence-electron chi connectivity index (χ2n) is 6.72. The van der Waals surface area contributed by atoms with Gasteiger partial charge in [-0.15, -0.1) is 10.2 Å². The molecule has 1 amide bonds. The summed E-state index contributed by atoms with van der Waals surface area (Å²) in [5.74, 6) is 0.571. The zero-order valence-corrected chi connectivity index (χ0v) is 15.5. The van der Waals surface area contributed by atoms with Gasteiger partial charge in [0.05, 0.1) is 0 Å². The zero-order chi connectivity index (χ0) is 19.3. The van der Waals surface area contributed by atoms with E-state index in [4.69, 9.17) is 0 Å². The first-order chi connectivity index (χ1) is 13.7. The number of tetrazole rings is 1. The summed E-state index contributed by atoms with van der Waals surface area (Å²) in [7, 11) is 0. The average Bonchev–Trinajstić information content (AvgIpc) is 3.24. The van der Waals surface area contributed by atoms with Gasteiger partial charge in [0, 0.05) is 36.5 Å². The Morgan fingerprint density at radius 3 is 2.71 bits per heavy atom. The number of pyridine rings is 1. The monoisotopic (exact) mass is 372 g/mol. The number of nitrogens with one attached hydrogen (secondary N) is 2. The van der Waals surface area contributed by atoms with Gasteiger partial charge in [0.15, 0.2) is 5.82 Å². The molecule has 2 heterocycles. The van der Waals surface area contributed by atoms with Crippen LogP contribution in [-0.4, -0.2) is 38.1 Å². The molecule has 28 heavy (non-hydrogen) atoms. The highest BCUT2D eigenvalue weighted by Gasteiger charge is 2.08. The van der Waals surface area contributed by atoms with E-state index in [1.807, 2.05) is 43.6 Å². The van der Waals surface area contributed by atoms with Gasteiger partial charge in [-0.1, -0.05) is 23.4 Å². The molecule has 4 aromatic rings. The van der Waals surface area contributed by atoms with Crippen LogP contribution in [0.5, 0.6) is 0 Å². The number of nitrogens with zero attached hydrogens (tertiary/aromatic N) is 4. The molecule has 4 rings (SSSR count). The van der Waals surface area contributed by atoms with Crippen molar-refractivity contribution in [3.8, 4) is 11.1 Å². The van der Waals surface area contributed by atoms with Crippen molar-refractivity contribution in [2.45, 2.75) is 19.8 Å². The van der Waals surface area contributed by atoms with Gasteiger partial charge in [0.25, 0.3) is 5.91 Å². The predicted octanol–water partition coefficient (Wildman–Crippen LogP) is 3.09. The molecule has 0 unspecified atom stereocenters. The zero-order valence-electron chi connectivity index (χ0n) is 15.5. The number of carbonyl (C=O) groups excluding carboxylic acids is 1. The van der Waals surface area contributed by atoms with E-state index in [-0.39, 0.29) is 5.91 Å². The molecule has 2 aromatic heterocycles. The minimum absolute atomic E-state index is 0.0815. The first-order valence-corrected chi connectivity index (χ1v) is 9.15. The molecule has 7 nitrogen and oxygen atoms in total. The average molecular weight is 372 g/mol. The highest BCUT2D eigenvalue weighted by molar-refractivity contribution is 5.99. The number of aromatic amines is 1. The second kappa shape index (κ2) is 7.96. The van der Waals surface area contributed by atoms with Gasteiger partial charge in [0.2, 0.25) is 0 Å². The number of aryl methyl sites for hydroxylation is 2. The van der Waals surface area contributed by atoms with Crippen molar-refractivity contribution in [2.24, 2.45) is 0 Å². The molecule has 0 atom stereocenters. The van der Waals surface area contributed by atoms with Crippen LogP contribution in [0.2, 0.25) is 0 Å². The van der Waals surface area contributed by atoms with Crippen LogP contribution in [0.1, 0.15) is 28.2 Å². The van der Waals surface area contributed by atoms with Gasteiger partial charge in [-0.2, -0.15) is 5.21 Å². The van der Waals surface area contributed by atoms with Crippen molar-refractivity contribution in [1.82, 2.24) is 30.9 Å². The number of hydrogen-bond acceptors (Lipinski definition) is 5. The van der Waals surface area contributed by atoms with Gasteiger partial charge in [-0.25, -0.2) is 0 Å². The van der Waals surface area contributed by atoms with Crippen LogP contribution in [0.25, 0.3) is 21.9 Å². The van der Waals surface area contributed by atoms with E-state index in [9.17, 15) is 4.79 Å². The van der Waals surface area contributed by atoms with Crippen molar-refractivity contribution >= 4 is 16.7 Å². The normalized spacial score (nSPS) is 10.9. The molecule has 140 valence electrons. The summed E-state index contributed by atoms with van der Waals surface area (Å²) in [5, 5.41) is 18.8. The molecule has 0 spiro atoms. The number of aromatic nitrogens is 5. The maximum atomic E-state index is 12.4. The highest BCUT2D eigenvalue weighted by atomic mass is 16.1. The summed E-state index contributed by atoms with van der Waals surface area (Å²) in [6, 6.07) is 14.1. The lowest BCUT2D eigenvalue weighted by atomic mass is 10.00. The van der Waals surface area contributed by atoms with Crippen LogP contribution in [0.4, 0.5) is 0 Å². The van der Waals surface area contributed by atoms with Gasteiger partial charge in [-0.05, 0) is 59.5 Å². The van der Waals surface area contributed by atoms with E-state index in [2.05, 4.69) is 49.1 Å². The smallest absolute Gasteiger partial charge is 0.251 e. The highest BCUT2D eigenvalue weighted by Crippen LogP contribution is 2.25. The minimum atomic E-state index is -0.0815. The van der Waals surface area contributed by atoms with Crippen LogP contribution in [-0.2, 0) is 6.42 Å². The Morgan fingerprint density at radius 2 is 1.89 bits per heavy atom. The molecule has 0 aliphatic heterocycles. The summed E-state index contributed by atoms with van der Waals surface area (Å²) < 4.78 is 0. The third-order valence-corrected chi connectivity index (χ3v) is 4.56. The summed E-state index contributed by atoms with van der Waals surface area (Å²) in [4.78, 5) is 16.7. The van der Waals surface area contributed by atoms with Crippen molar-refractivity contribution < 1.29 is 4.79 Å². The molecule has 7 heteroatoms. The molecular formula is C21H20N6O. The third kappa shape index (κ3) is 4.03. The molecule has 0 saturated heterocycles. The maximum absolute atomic E-state index is 12.4. The van der Waals surface area contributed by atoms with Crippen LogP contribution in [0.3, 0.4) is 0 Å². The number of hydrogen-bond donors (Lipinski definition) is 2. The van der Waals surface area contributed by atoms with Crippen LogP contribution in [0, 0.1) is 6.92 Å². The molecule has 2 N–H and O–H groups in total. The Kier molecular flexibility index (Phi) is 5.05. The lowest BCUT2D eigenvalue weighted by Crippen LogP contribution is -2.24. The fraction of sp³-hybridized carbons (Fsp3) is 0.190. The Bertz CT molecular complexity index is 1110. The van der Waals surface area contributed by atoms with Gasteiger partial charge in [-0.3, -0.25) is 9.78 Å². The van der Waals surface area contributed by atoms with Crippen molar-refractivity contribution in [3.63, 3.8) is 0 Å². The molecule has 0 aliphatic carbocycles. The van der Waals surface area contributed by atoms with Crippen molar-refractivity contribution in [1.29, 1.82) is 0 Å². The van der Waals surface area contributed by atoms with Crippen LogP contribution in [0.15, 0.2) is 54.9 Å². The van der Waals surface area contributed by atoms with Gasteiger partial charge >= 0.3 is 0 Å². The number of carbonyl (C=O) groups is 1. The first-order valence-electron chi connectivity index (χ1n) is 9.15. The number of H-pyrrole nitrogens is 1. The summed E-state index contributed by atoms with van der Waals surface area (Å²) in [6.45, 7) is 2.59. The Balaban J connectivity index is 1.44. The Hall–Kier alpha value is -3.61. The quantitative estimate of drug-likeness (QED) is 0.507. The summed E-state index contributed by atoms with van der Waals surface area (Å²) >= 11 is 0. The standard InChI is InChI=1S/C21H20N6O/c1-14-9-19(13-22-12-14)17-5-4-16-11-18(7-6-15(16)10-17)21(28)23-8-2-3-20-24-26-27-25-20/h4-7,9-13H,2-3,8H2,1H3,(H,23,28)(H,24,25,26,27). The predicted molar refractivity (Wildman–Crippen MR) is 107 cm³/mol. The molecule has 0 radical (unpaired) electrons. The first kappa shape index (κ1) is 17.8. The molecule has 0 aliphatic rings. The Morgan fingerprint density at radius 1 is 1.04 bits per heavy atom. The third-order valence-electron chi connectivity index (χ3n) is 4.56. The van der Waals surface area contributed by atoms with Gasteiger partial charge < -0.3 is 5.32 Å². The molecule has 0 saturated carbocycles. The van der Waals surface area contributed by atoms with Crippen molar-refractivity contribution in [2.75, 3.05) is 6.54 Å². The SMILES string of the molecule is Cc1cncc(-c2ccc3cc(C(=O)NCCCc4nn[nH]n4)ccc3c2)c1. The largest absolute Gasteiger partial charge is 0.352 e. The fourth-order valence-corrected chi connectivity index (χ4v) is 3.12. The summed E-state index contributed by atoms with van der Waals surface area (Å²) in [6.07, 6.45) is 5.14. The van der Waals surface area contributed by atoms with Crippen LogP contribution < -0.4 is 5.32 Å². The molecule has 2 aromatic carbocycles. The molecule has 0 bridgehead atoms. The second-order valence-corrected chi connectivity index (χ2v) is 6.72.